The smallest absolute Gasteiger partial charge is 0.293 e. The normalized spacial score (nSPS) is 12.1. The zero-order chi connectivity index (χ0) is 16.2. The van der Waals surface area contributed by atoms with Gasteiger partial charge >= 0.3 is 0 Å². The third-order valence-electron chi connectivity index (χ3n) is 3.68. The Labute approximate surface area is 139 Å². The zero-order valence-electron chi connectivity index (χ0n) is 12.6. The topological polar surface area (TPSA) is 51.3 Å². The number of aromatic amines is 1. The number of carbonyl (C=O) groups excluding carboxylic acids is 1. The molecular formula is C18H16ClNO3. The molecule has 1 N–H and O–H groups in total. The lowest BCUT2D eigenvalue weighted by molar-refractivity contribution is -0.133. The van der Waals surface area contributed by atoms with Crippen LogP contribution in [0.3, 0.4) is 0 Å². The van der Waals surface area contributed by atoms with Crippen molar-refractivity contribution in [1.29, 1.82) is 0 Å². The van der Waals surface area contributed by atoms with E-state index in [4.69, 9.17) is 21.1 Å². The Morgan fingerprint density at radius 3 is 2.78 bits per heavy atom. The molecule has 23 heavy (non-hydrogen) atoms. The van der Waals surface area contributed by atoms with E-state index in [2.05, 4.69) is 4.98 Å². The van der Waals surface area contributed by atoms with Crippen molar-refractivity contribution in [2.45, 2.75) is 19.6 Å². The van der Waals surface area contributed by atoms with E-state index in [-0.39, 0.29) is 6.10 Å². The number of benzene rings is 2. The van der Waals surface area contributed by atoms with Gasteiger partial charge in [0, 0.05) is 23.2 Å². The summed E-state index contributed by atoms with van der Waals surface area (Å²) in [5.41, 5.74) is 2.77. The van der Waals surface area contributed by atoms with Crippen molar-refractivity contribution in [3.63, 3.8) is 0 Å². The first-order valence-corrected chi connectivity index (χ1v) is 7.63. The van der Waals surface area contributed by atoms with Crippen molar-refractivity contribution in [2.75, 3.05) is 0 Å². The van der Waals surface area contributed by atoms with Gasteiger partial charge in [0.05, 0.1) is 10.5 Å². The van der Waals surface area contributed by atoms with Gasteiger partial charge in [-0.05, 0) is 18.6 Å². The minimum absolute atomic E-state index is 0.366. The fraction of sp³-hybridized carbons (Fsp3) is 0.167. The van der Waals surface area contributed by atoms with Gasteiger partial charge in [-0.3, -0.25) is 4.79 Å². The van der Waals surface area contributed by atoms with Crippen molar-refractivity contribution < 1.29 is 14.3 Å². The van der Waals surface area contributed by atoms with E-state index in [0.717, 1.165) is 22.0 Å². The quantitative estimate of drug-likeness (QED) is 0.670. The van der Waals surface area contributed by atoms with Crippen LogP contribution in [0.25, 0.3) is 10.9 Å². The van der Waals surface area contributed by atoms with Gasteiger partial charge in [0.15, 0.2) is 0 Å². The number of H-pyrrole nitrogens is 1. The van der Waals surface area contributed by atoms with Crippen molar-refractivity contribution >= 4 is 29.0 Å². The molecule has 3 rings (SSSR count). The number of hydrogen-bond donors (Lipinski definition) is 1. The standard InChI is InChI=1S/C18H16ClNO3/c1-12(23-11-21)15-9-20-17-8-14(7-16(19)18(15)17)22-10-13-5-3-2-4-6-13/h2-9,11-12,20H,10H2,1H3. The average molecular weight is 330 g/mol. The monoisotopic (exact) mass is 329 g/mol. The Balaban J connectivity index is 1.86. The number of halogens is 1. The van der Waals surface area contributed by atoms with Crippen LogP contribution in [0.1, 0.15) is 24.2 Å². The second kappa shape index (κ2) is 6.75. The summed E-state index contributed by atoms with van der Waals surface area (Å²) < 4.78 is 10.8. The number of ether oxygens (including phenoxy) is 2. The summed E-state index contributed by atoms with van der Waals surface area (Å²) in [5.74, 6) is 0.684. The van der Waals surface area contributed by atoms with E-state index in [1.54, 1.807) is 19.2 Å². The molecule has 1 heterocycles. The Morgan fingerprint density at radius 1 is 1.26 bits per heavy atom. The van der Waals surface area contributed by atoms with Crippen LogP contribution in [0.5, 0.6) is 5.75 Å². The first-order valence-electron chi connectivity index (χ1n) is 7.25. The molecule has 0 amide bonds. The molecule has 0 bridgehead atoms. The van der Waals surface area contributed by atoms with Gasteiger partial charge in [-0.2, -0.15) is 0 Å². The third-order valence-corrected chi connectivity index (χ3v) is 3.98. The van der Waals surface area contributed by atoms with E-state index in [9.17, 15) is 4.79 Å². The summed E-state index contributed by atoms with van der Waals surface area (Å²) in [6.07, 6.45) is 1.43. The van der Waals surface area contributed by atoms with Crippen LogP contribution in [-0.2, 0) is 16.1 Å². The predicted molar refractivity (Wildman–Crippen MR) is 89.6 cm³/mol. The minimum Gasteiger partial charge on any atom is -0.489 e. The Kier molecular flexibility index (Phi) is 4.53. The van der Waals surface area contributed by atoms with Crippen LogP contribution < -0.4 is 4.74 Å². The summed E-state index contributed by atoms with van der Waals surface area (Å²) in [4.78, 5) is 13.7. The number of nitrogens with one attached hydrogen (secondary N) is 1. The Hall–Kier alpha value is -2.46. The second-order valence-corrected chi connectivity index (χ2v) is 5.63. The van der Waals surface area contributed by atoms with Gasteiger partial charge in [-0.25, -0.2) is 0 Å². The maximum absolute atomic E-state index is 10.5. The molecule has 4 nitrogen and oxygen atoms in total. The molecule has 1 unspecified atom stereocenters. The summed E-state index contributed by atoms with van der Waals surface area (Å²) in [6.45, 7) is 2.71. The SMILES string of the molecule is CC(OC=O)c1c[nH]c2cc(OCc3ccccc3)cc(Cl)c12. The first kappa shape index (κ1) is 15.4. The maximum atomic E-state index is 10.5. The molecule has 1 aromatic heterocycles. The molecule has 2 aromatic carbocycles. The fourth-order valence-electron chi connectivity index (χ4n) is 2.52. The molecule has 0 radical (unpaired) electrons. The van der Waals surface area contributed by atoms with E-state index in [0.29, 0.717) is 23.9 Å². The number of fused-ring (bicyclic) bond motifs is 1. The summed E-state index contributed by atoms with van der Waals surface area (Å²) in [7, 11) is 0. The maximum Gasteiger partial charge on any atom is 0.293 e. The molecule has 0 spiro atoms. The van der Waals surface area contributed by atoms with Crippen LogP contribution in [0.15, 0.2) is 48.7 Å². The van der Waals surface area contributed by atoms with E-state index < -0.39 is 0 Å². The molecule has 5 heteroatoms. The molecule has 3 aromatic rings. The molecule has 0 aliphatic heterocycles. The fourth-order valence-corrected chi connectivity index (χ4v) is 2.84. The highest BCUT2D eigenvalue weighted by Gasteiger charge is 2.16. The molecule has 0 saturated heterocycles. The lowest BCUT2D eigenvalue weighted by Gasteiger charge is -2.10. The van der Waals surface area contributed by atoms with E-state index in [1.807, 2.05) is 36.4 Å². The van der Waals surface area contributed by atoms with Crippen molar-refractivity contribution in [2.24, 2.45) is 0 Å². The van der Waals surface area contributed by atoms with Gasteiger partial charge in [0.1, 0.15) is 18.5 Å². The highest BCUT2D eigenvalue weighted by Crippen LogP contribution is 2.35. The van der Waals surface area contributed by atoms with Crippen molar-refractivity contribution in [3.05, 3.63) is 64.8 Å². The van der Waals surface area contributed by atoms with Gasteiger partial charge in [0.25, 0.3) is 6.47 Å². The lowest BCUT2D eigenvalue weighted by Crippen LogP contribution is -1.97. The van der Waals surface area contributed by atoms with Crippen molar-refractivity contribution in [1.82, 2.24) is 4.98 Å². The first-order chi connectivity index (χ1) is 11.2. The minimum atomic E-state index is -0.366. The molecule has 118 valence electrons. The number of aromatic nitrogens is 1. The van der Waals surface area contributed by atoms with Gasteiger partial charge < -0.3 is 14.5 Å². The van der Waals surface area contributed by atoms with Gasteiger partial charge in [-0.1, -0.05) is 41.9 Å². The van der Waals surface area contributed by atoms with Crippen molar-refractivity contribution in [3.8, 4) is 5.75 Å². The van der Waals surface area contributed by atoms with Crippen LogP contribution in [0.4, 0.5) is 0 Å². The highest BCUT2D eigenvalue weighted by atomic mass is 35.5. The lowest BCUT2D eigenvalue weighted by atomic mass is 10.1. The molecule has 0 aliphatic rings. The predicted octanol–water partition coefficient (Wildman–Crippen LogP) is 4.63. The third kappa shape index (κ3) is 3.32. The number of carbonyl (C=O) groups is 1. The van der Waals surface area contributed by atoms with Gasteiger partial charge in [0.2, 0.25) is 0 Å². The van der Waals surface area contributed by atoms with Gasteiger partial charge in [-0.15, -0.1) is 0 Å². The summed E-state index contributed by atoms with van der Waals surface area (Å²) in [6, 6.07) is 13.6. The second-order valence-electron chi connectivity index (χ2n) is 5.22. The Bertz CT molecular complexity index is 814. The molecular weight excluding hydrogens is 314 g/mol. The summed E-state index contributed by atoms with van der Waals surface area (Å²) >= 11 is 6.39. The van der Waals surface area contributed by atoms with Crippen LogP contribution in [0.2, 0.25) is 5.02 Å². The molecule has 0 aliphatic carbocycles. The van der Waals surface area contributed by atoms with Crippen LogP contribution >= 0.6 is 11.6 Å². The molecule has 0 fully saturated rings. The number of hydrogen-bond acceptors (Lipinski definition) is 3. The zero-order valence-corrected chi connectivity index (χ0v) is 13.3. The Morgan fingerprint density at radius 2 is 2.04 bits per heavy atom. The molecule has 1 atom stereocenters. The highest BCUT2D eigenvalue weighted by molar-refractivity contribution is 6.36. The van der Waals surface area contributed by atoms with E-state index in [1.165, 1.54) is 0 Å². The molecule has 0 saturated carbocycles. The summed E-state index contributed by atoms with van der Waals surface area (Å²) in [5, 5.41) is 1.40. The number of rotatable bonds is 6. The van der Waals surface area contributed by atoms with E-state index >= 15 is 0 Å². The van der Waals surface area contributed by atoms with Crippen LogP contribution in [-0.4, -0.2) is 11.5 Å². The van der Waals surface area contributed by atoms with Crippen LogP contribution in [0, 0.1) is 0 Å². The largest absolute Gasteiger partial charge is 0.489 e. The average Bonchev–Trinajstić information content (AvgIpc) is 2.99.